The van der Waals surface area contributed by atoms with Crippen LogP contribution in [0.2, 0.25) is 0 Å². The van der Waals surface area contributed by atoms with Crippen LogP contribution in [0, 0.1) is 0 Å². The molecule has 1 rings (SSSR count). The van der Waals surface area contributed by atoms with Crippen LogP contribution in [0.1, 0.15) is 46.6 Å². The van der Waals surface area contributed by atoms with Crippen molar-refractivity contribution in [1.82, 2.24) is 0 Å². The maximum atomic E-state index is 5.12. The predicted molar refractivity (Wildman–Crippen MR) is 67.7 cm³/mol. The summed E-state index contributed by atoms with van der Waals surface area (Å²) in [7, 11) is 1.69. The first-order chi connectivity index (χ1) is 7.10. The third-order valence-corrected chi connectivity index (χ3v) is 2.76. The Morgan fingerprint density at radius 3 is 1.87 bits per heavy atom. The van der Waals surface area contributed by atoms with Gasteiger partial charge in [-0.05, 0) is 29.5 Å². The van der Waals surface area contributed by atoms with E-state index in [1.807, 2.05) is 26.0 Å². The molecular weight excluding hydrogens is 184 g/mol. The Hall–Kier alpha value is -0.980. The first-order valence-corrected chi connectivity index (χ1v) is 5.74. The lowest BCUT2D eigenvalue weighted by molar-refractivity contribution is 0.413. The Labute approximate surface area is 94.5 Å². The summed E-state index contributed by atoms with van der Waals surface area (Å²) in [6.07, 6.45) is 1.15. The van der Waals surface area contributed by atoms with Crippen molar-refractivity contribution in [2.45, 2.75) is 46.5 Å². The molecule has 0 spiro atoms. The monoisotopic (exact) mass is 208 g/mol. The second-order valence-electron chi connectivity index (χ2n) is 3.97. The van der Waals surface area contributed by atoms with E-state index in [1.54, 1.807) is 7.11 Å². The van der Waals surface area contributed by atoms with E-state index in [-0.39, 0.29) is 5.41 Å². The van der Waals surface area contributed by atoms with Crippen LogP contribution in [0.4, 0.5) is 0 Å². The highest BCUT2D eigenvalue weighted by molar-refractivity contribution is 5.31. The van der Waals surface area contributed by atoms with Gasteiger partial charge in [0.1, 0.15) is 5.75 Å². The van der Waals surface area contributed by atoms with Gasteiger partial charge in [0.15, 0.2) is 0 Å². The van der Waals surface area contributed by atoms with Crippen LogP contribution in [0.3, 0.4) is 0 Å². The molecule has 0 amide bonds. The maximum absolute atomic E-state index is 5.12. The van der Waals surface area contributed by atoms with Crippen LogP contribution >= 0.6 is 0 Å². The average Bonchev–Trinajstić information content (AvgIpc) is 2.32. The number of rotatable bonds is 3. The van der Waals surface area contributed by atoms with Crippen LogP contribution in [-0.2, 0) is 5.41 Å². The van der Waals surface area contributed by atoms with E-state index in [1.165, 1.54) is 5.56 Å². The lowest BCUT2D eigenvalue weighted by Crippen LogP contribution is -2.14. The molecule has 1 nitrogen and oxygen atoms in total. The second-order valence-corrected chi connectivity index (χ2v) is 3.97. The van der Waals surface area contributed by atoms with E-state index in [2.05, 4.69) is 32.9 Å². The molecule has 0 radical (unpaired) electrons. The number of methoxy groups -OCH3 is 1. The van der Waals surface area contributed by atoms with Crippen molar-refractivity contribution in [3.63, 3.8) is 0 Å². The molecular formula is C14H24O. The van der Waals surface area contributed by atoms with E-state index in [0.29, 0.717) is 0 Å². The first kappa shape index (κ1) is 14.0. The molecule has 15 heavy (non-hydrogen) atoms. The number of hydrogen-bond donors (Lipinski definition) is 0. The summed E-state index contributed by atoms with van der Waals surface area (Å²) in [5.41, 5.74) is 1.64. The van der Waals surface area contributed by atoms with E-state index < -0.39 is 0 Å². The van der Waals surface area contributed by atoms with Crippen molar-refractivity contribution in [2.24, 2.45) is 0 Å². The third kappa shape index (κ3) is 3.94. The summed E-state index contributed by atoms with van der Waals surface area (Å²) >= 11 is 0. The molecule has 0 fully saturated rings. The minimum atomic E-state index is 0.270. The molecule has 0 N–H and O–H groups in total. The molecule has 0 heterocycles. The smallest absolute Gasteiger partial charge is 0.118 e. The molecule has 1 aromatic carbocycles. The van der Waals surface area contributed by atoms with Gasteiger partial charge in [-0.15, -0.1) is 0 Å². The van der Waals surface area contributed by atoms with Crippen LogP contribution in [-0.4, -0.2) is 7.11 Å². The number of ether oxygens (including phenoxy) is 1. The zero-order valence-corrected chi connectivity index (χ0v) is 10.9. The highest BCUT2D eigenvalue weighted by atomic mass is 16.5. The lowest BCUT2D eigenvalue weighted by Gasteiger charge is -2.23. The van der Waals surface area contributed by atoms with Crippen molar-refractivity contribution in [2.75, 3.05) is 7.11 Å². The van der Waals surface area contributed by atoms with Gasteiger partial charge < -0.3 is 4.74 Å². The van der Waals surface area contributed by atoms with Gasteiger partial charge in [-0.1, -0.05) is 46.8 Å². The normalized spacial score (nSPS) is 10.3. The third-order valence-electron chi connectivity index (χ3n) is 2.76. The largest absolute Gasteiger partial charge is 0.497 e. The minimum absolute atomic E-state index is 0.270. The van der Waals surface area contributed by atoms with Crippen LogP contribution in [0.15, 0.2) is 24.3 Å². The quantitative estimate of drug-likeness (QED) is 0.715. The van der Waals surface area contributed by atoms with Gasteiger partial charge in [-0.2, -0.15) is 0 Å². The standard InChI is InChI=1S/C12H18O.C2H6/c1-5-12(2,3)10-6-8-11(13-4)9-7-10;1-2/h6-9H,5H2,1-4H3;1-2H3. The number of benzene rings is 1. The average molecular weight is 208 g/mol. The summed E-state index contributed by atoms with van der Waals surface area (Å²) in [5, 5.41) is 0. The Bertz CT molecular complexity index is 259. The van der Waals surface area contributed by atoms with E-state index >= 15 is 0 Å². The SMILES string of the molecule is CC.CCC(C)(C)c1ccc(OC)cc1. The van der Waals surface area contributed by atoms with Crippen LogP contribution < -0.4 is 4.74 Å². The summed E-state index contributed by atoms with van der Waals surface area (Å²) in [6.45, 7) is 10.7. The molecule has 0 saturated carbocycles. The van der Waals surface area contributed by atoms with Crippen LogP contribution in [0.25, 0.3) is 0 Å². The fourth-order valence-corrected chi connectivity index (χ4v) is 1.25. The Kier molecular flexibility index (Phi) is 6.07. The van der Waals surface area contributed by atoms with Crippen molar-refractivity contribution < 1.29 is 4.74 Å². The molecule has 0 aliphatic carbocycles. The molecule has 0 saturated heterocycles. The lowest BCUT2D eigenvalue weighted by atomic mass is 9.82. The fourth-order valence-electron chi connectivity index (χ4n) is 1.25. The Balaban J connectivity index is 0.000000921. The van der Waals surface area contributed by atoms with Gasteiger partial charge in [0, 0.05) is 0 Å². The van der Waals surface area contributed by atoms with Gasteiger partial charge >= 0.3 is 0 Å². The van der Waals surface area contributed by atoms with Crippen molar-refractivity contribution in [3.05, 3.63) is 29.8 Å². The summed E-state index contributed by atoms with van der Waals surface area (Å²) in [4.78, 5) is 0. The van der Waals surface area contributed by atoms with Crippen molar-refractivity contribution in [1.29, 1.82) is 0 Å². The summed E-state index contributed by atoms with van der Waals surface area (Å²) in [6, 6.07) is 8.32. The maximum Gasteiger partial charge on any atom is 0.118 e. The van der Waals surface area contributed by atoms with Crippen LogP contribution in [0.5, 0.6) is 5.75 Å². The highest BCUT2D eigenvalue weighted by Gasteiger charge is 2.17. The Morgan fingerprint density at radius 2 is 1.53 bits per heavy atom. The second kappa shape index (κ2) is 6.49. The fraction of sp³-hybridized carbons (Fsp3) is 0.571. The molecule has 0 aliphatic heterocycles. The van der Waals surface area contributed by atoms with Gasteiger partial charge in [-0.3, -0.25) is 0 Å². The van der Waals surface area contributed by atoms with Gasteiger partial charge in [0.25, 0.3) is 0 Å². The van der Waals surface area contributed by atoms with E-state index in [0.717, 1.165) is 12.2 Å². The van der Waals surface area contributed by atoms with E-state index in [4.69, 9.17) is 4.74 Å². The first-order valence-electron chi connectivity index (χ1n) is 5.74. The zero-order valence-electron chi connectivity index (χ0n) is 10.9. The molecule has 0 aliphatic rings. The summed E-state index contributed by atoms with van der Waals surface area (Å²) in [5.74, 6) is 0.927. The molecule has 1 aromatic rings. The zero-order chi connectivity index (χ0) is 11.9. The number of hydrogen-bond acceptors (Lipinski definition) is 1. The van der Waals surface area contributed by atoms with Gasteiger partial charge in [0.05, 0.1) is 7.11 Å². The van der Waals surface area contributed by atoms with Crippen molar-refractivity contribution in [3.8, 4) is 5.75 Å². The topological polar surface area (TPSA) is 9.23 Å². The van der Waals surface area contributed by atoms with Gasteiger partial charge in [0.2, 0.25) is 0 Å². The molecule has 0 unspecified atom stereocenters. The molecule has 0 bridgehead atoms. The van der Waals surface area contributed by atoms with Gasteiger partial charge in [-0.25, -0.2) is 0 Å². The van der Waals surface area contributed by atoms with Crippen molar-refractivity contribution >= 4 is 0 Å². The minimum Gasteiger partial charge on any atom is -0.497 e. The highest BCUT2D eigenvalue weighted by Crippen LogP contribution is 2.27. The molecule has 86 valence electrons. The molecule has 1 heteroatoms. The molecule has 0 aromatic heterocycles. The summed E-state index contributed by atoms with van der Waals surface area (Å²) < 4.78 is 5.12. The predicted octanol–water partition coefficient (Wildman–Crippen LogP) is 4.41. The molecule has 0 atom stereocenters. The van der Waals surface area contributed by atoms with E-state index in [9.17, 15) is 0 Å². The Morgan fingerprint density at radius 1 is 1.07 bits per heavy atom.